The minimum atomic E-state index is 0.588. The van der Waals surface area contributed by atoms with Gasteiger partial charge in [-0.25, -0.2) is 4.98 Å². The Hall–Kier alpha value is -0.760. The number of nitrogens with one attached hydrogen (secondary N) is 3. The quantitative estimate of drug-likeness (QED) is 0.473. The molecule has 1 aliphatic carbocycles. The van der Waals surface area contributed by atoms with Crippen LogP contribution in [0.4, 0.5) is 0 Å². The van der Waals surface area contributed by atoms with Crippen LogP contribution in [0.5, 0.6) is 0 Å². The minimum absolute atomic E-state index is 0.588. The highest BCUT2D eigenvalue weighted by Crippen LogP contribution is 2.18. The summed E-state index contributed by atoms with van der Waals surface area (Å²) in [6.07, 6.45) is 3.43. The first-order valence-electron chi connectivity index (χ1n) is 6.98. The highest BCUT2D eigenvalue weighted by molar-refractivity contribution is 7.80. The molecule has 112 valence electrons. The van der Waals surface area contributed by atoms with Gasteiger partial charge in [-0.15, -0.1) is 11.3 Å². The third-order valence-corrected chi connectivity index (χ3v) is 4.00. The molecule has 7 heteroatoms. The van der Waals surface area contributed by atoms with E-state index in [0.717, 1.165) is 41.9 Å². The van der Waals surface area contributed by atoms with Crippen LogP contribution in [0.3, 0.4) is 0 Å². The number of hydrogen-bond acceptors (Lipinski definition) is 5. The van der Waals surface area contributed by atoms with Gasteiger partial charge in [-0.3, -0.25) is 0 Å². The molecule has 0 amide bonds. The SMILES string of the molecule is CNCc1nc(COCCCNC(=S)NC2CC2)cs1. The van der Waals surface area contributed by atoms with Crippen molar-refractivity contribution in [2.75, 3.05) is 20.2 Å². The van der Waals surface area contributed by atoms with E-state index in [9.17, 15) is 0 Å². The average molecular weight is 314 g/mol. The summed E-state index contributed by atoms with van der Waals surface area (Å²) < 4.78 is 5.61. The van der Waals surface area contributed by atoms with Crippen molar-refractivity contribution in [3.63, 3.8) is 0 Å². The standard InChI is InChI=1S/C13H22N4OS2/c1-14-7-12-16-11(9-20-12)8-18-6-2-5-15-13(19)17-10-3-4-10/h9-10,14H,2-8H2,1H3,(H2,15,17,19). The molecular weight excluding hydrogens is 292 g/mol. The molecule has 1 heterocycles. The third-order valence-electron chi connectivity index (χ3n) is 2.84. The van der Waals surface area contributed by atoms with Crippen LogP contribution < -0.4 is 16.0 Å². The summed E-state index contributed by atoms with van der Waals surface area (Å²) in [6.45, 7) is 2.98. The van der Waals surface area contributed by atoms with Crippen molar-refractivity contribution in [1.82, 2.24) is 20.9 Å². The molecule has 1 saturated carbocycles. The monoisotopic (exact) mass is 314 g/mol. The van der Waals surface area contributed by atoms with Crippen molar-refractivity contribution in [2.45, 2.75) is 38.5 Å². The van der Waals surface area contributed by atoms with E-state index in [4.69, 9.17) is 17.0 Å². The molecule has 0 aromatic carbocycles. The van der Waals surface area contributed by atoms with Crippen molar-refractivity contribution >= 4 is 28.7 Å². The van der Waals surface area contributed by atoms with Crippen LogP contribution in [-0.2, 0) is 17.9 Å². The second kappa shape index (κ2) is 8.51. The number of ether oxygens (including phenoxy) is 1. The van der Waals surface area contributed by atoms with Gasteiger partial charge in [0.1, 0.15) is 5.01 Å². The second-order valence-electron chi connectivity index (χ2n) is 4.84. The molecule has 1 aromatic heterocycles. The number of thiocarbonyl (C=S) groups is 1. The molecule has 2 rings (SSSR count). The Bertz CT molecular complexity index is 420. The summed E-state index contributed by atoms with van der Waals surface area (Å²) in [5.41, 5.74) is 1.01. The van der Waals surface area contributed by atoms with Gasteiger partial charge in [0.15, 0.2) is 5.11 Å². The van der Waals surface area contributed by atoms with Gasteiger partial charge in [-0.05, 0) is 38.5 Å². The fraction of sp³-hybridized carbons (Fsp3) is 0.692. The largest absolute Gasteiger partial charge is 0.375 e. The van der Waals surface area contributed by atoms with Gasteiger partial charge in [0, 0.05) is 31.1 Å². The van der Waals surface area contributed by atoms with E-state index in [1.807, 2.05) is 7.05 Å². The summed E-state index contributed by atoms with van der Waals surface area (Å²) in [7, 11) is 1.92. The molecular formula is C13H22N4OS2. The molecule has 5 nitrogen and oxygen atoms in total. The van der Waals surface area contributed by atoms with E-state index < -0.39 is 0 Å². The first-order valence-corrected chi connectivity index (χ1v) is 8.26. The fourth-order valence-electron chi connectivity index (χ4n) is 1.66. The molecule has 1 fully saturated rings. The molecule has 0 aliphatic heterocycles. The topological polar surface area (TPSA) is 58.2 Å². The van der Waals surface area contributed by atoms with Gasteiger partial charge in [-0.2, -0.15) is 0 Å². The lowest BCUT2D eigenvalue weighted by Gasteiger charge is -2.09. The van der Waals surface area contributed by atoms with Crippen LogP contribution in [0.1, 0.15) is 30.0 Å². The zero-order valence-corrected chi connectivity index (χ0v) is 13.4. The molecule has 3 N–H and O–H groups in total. The molecule has 0 atom stereocenters. The van der Waals surface area contributed by atoms with Crippen LogP contribution in [0.15, 0.2) is 5.38 Å². The maximum absolute atomic E-state index is 5.61. The van der Waals surface area contributed by atoms with Gasteiger partial charge in [-0.1, -0.05) is 0 Å². The molecule has 0 bridgehead atoms. The number of rotatable bonds is 9. The fourth-order valence-corrected chi connectivity index (χ4v) is 2.72. The maximum atomic E-state index is 5.61. The molecule has 0 unspecified atom stereocenters. The Labute approximate surface area is 129 Å². The van der Waals surface area contributed by atoms with Gasteiger partial charge in [0.2, 0.25) is 0 Å². The van der Waals surface area contributed by atoms with Crippen LogP contribution in [0.25, 0.3) is 0 Å². The Balaban J connectivity index is 1.47. The lowest BCUT2D eigenvalue weighted by Crippen LogP contribution is -2.37. The van der Waals surface area contributed by atoms with E-state index in [2.05, 4.69) is 26.3 Å². The maximum Gasteiger partial charge on any atom is 0.166 e. The van der Waals surface area contributed by atoms with E-state index in [0.29, 0.717) is 12.6 Å². The Morgan fingerprint density at radius 2 is 2.40 bits per heavy atom. The third kappa shape index (κ3) is 6.13. The Kier molecular flexibility index (Phi) is 6.65. The summed E-state index contributed by atoms with van der Waals surface area (Å²) in [4.78, 5) is 4.47. The van der Waals surface area contributed by atoms with Crippen LogP contribution in [0, 0.1) is 0 Å². The van der Waals surface area contributed by atoms with E-state index in [1.165, 1.54) is 12.8 Å². The van der Waals surface area contributed by atoms with E-state index in [-0.39, 0.29) is 0 Å². The first-order chi connectivity index (χ1) is 9.78. The smallest absolute Gasteiger partial charge is 0.166 e. The van der Waals surface area contributed by atoms with E-state index in [1.54, 1.807) is 11.3 Å². The molecule has 1 aromatic rings. The summed E-state index contributed by atoms with van der Waals surface area (Å²) in [6, 6.07) is 0.614. The number of hydrogen-bond donors (Lipinski definition) is 3. The molecule has 20 heavy (non-hydrogen) atoms. The van der Waals surface area contributed by atoms with Gasteiger partial charge >= 0.3 is 0 Å². The van der Waals surface area contributed by atoms with Crippen molar-refractivity contribution < 1.29 is 4.74 Å². The van der Waals surface area contributed by atoms with Crippen LogP contribution >= 0.6 is 23.6 Å². The van der Waals surface area contributed by atoms with Crippen molar-refractivity contribution in [1.29, 1.82) is 0 Å². The summed E-state index contributed by atoms with van der Waals surface area (Å²) in [5, 5.41) is 13.5. The number of nitrogens with zero attached hydrogens (tertiary/aromatic N) is 1. The summed E-state index contributed by atoms with van der Waals surface area (Å²) in [5.74, 6) is 0. The Morgan fingerprint density at radius 3 is 3.15 bits per heavy atom. The van der Waals surface area contributed by atoms with Crippen molar-refractivity contribution in [2.24, 2.45) is 0 Å². The molecule has 1 aliphatic rings. The lowest BCUT2D eigenvalue weighted by atomic mass is 10.4. The summed E-state index contributed by atoms with van der Waals surface area (Å²) >= 11 is 6.84. The predicted molar refractivity (Wildman–Crippen MR) is 85.9 cm³/mol. The molecule has 0 radical (unpaired) electrons. The van der Waals surface area contributed by atoms with Gasteiger partial charge < -0.3 is 20.7 Å². The highest BCUT2D eigenvalue weighted by Gasteiger charge is 2.21. The lowest BCUT2D eigenvalue weighted by molar-refractivity contribution is 0.117. The van der Waals surface area contributed by atoms with Crippen molar-refractivity contribution in [3.8, 4) is 0 Å². The zero-order valence-electron chi connectivity index (χ0n) is 11.8. The first kappa shape index (κ1) is 15.6. The highest BCUT2D eigenvalue weighted by atomic mass is 32.1. The van der Waals surface area contributed by atoms with Gasteiger partial charge in [0.05, 0.1) is 12.3 Å². The second-order valence-corrected chi connectivity index (χ2v) is 6.19. The van der Waals surface area contributed by atoms with E-state index >= 15 is 0 Å². The number of thiazole rings is 1. The normalized spacial score (nSPS) is 14.2. The molecule has 0 spiro atoms. The average Bonchev–Trinajstić information content (AvgIpc) is 3.12. The minimum Gasteiger partial charge on any atom is -0.375 e. The van der Waals surface area contributed by atoms with Gasteiger partial charge in [0.25, 0.3) is 0 Å². The van der Waals surface area contributed by atoms with Crippen LogP contribution in [0.2, 0.25) is 0 Å². The van der Waals surface area contributed by atoms with Crippen LogP contribution in [-0.4, -0.2) is 36.3 Å². The Morgan fingerprint density at radius 1 is 1.55 bits per heavy atom. The molecule has 0 saturated heterocycles. The van der Waals surface area contributed by atoms with Crippen molar-refractivity contribution in [3.05, 3.63) is 16.1 Å². The predicted octanol–water partition coefficient (Wildman–Crippen LogP) is 1.40. The number of aromatic nitrogens is 1. The zero-order chi connectivity index (χ0) is 14.2.